The molecule has 3 aliphatic rings. The highest BCUT2D eigenvalue weighted by atomic mass is 16.5. The van der Waals surface area contributed by atoms with Crippen molar-refractivity contribution in [1.82, 2.24) is 5.32 Å². The molecule has 2 fully saturated rings. The lowest BCUT2D eigenvalue weighted by Gasteiger charge is -2.24. The molecule has 1 amide bonds. The maximum absolute atomic E-state index is 13.8. The van der Waals surface area contributed by atoms with E-state index in [1.165, 1.54) is 36.6 Å². The zero-order valence-electron chi connectivity index (χ0n) is 21.0. The van der Waals surface area contributed by atoms with Crippen LogP contribution in [0.1, 0.15) is 75.6 Å². The second-order valence-corrected chi connectivity index (χ2v) is 10.6. The number of esters is 1. The monoisotopic (exact) mass is 480 g/mol. The largest absolute Gasteiger partial charge is 0.465 e. The van der Waals surface area contributed by atoms with Crippen molar-refractivity contribution >= 4 is 17.6 Å². The van der Waals surface area contributed by atoms with Crippen molar-refractivity contribution in [2.45, 2.75) is 56.5 Å². The standard InChI is InChI=1S/C31H32N2O3/c1-3-21-6-4-7-22(18-21)19-33-20-30(14-15-30)26-9-5-8-25(27(26)33)28(34)32-31(16-17-31)24-12-10-23(11-13-24)29(35)36-2/h4-13,18H,3,14-17,19-20H2,1-2H3,(H,32,34). The van der Waals surface area contributed by atoms with Crippen LogP contribution in [0.3, 0.4) is 0 Å². The van der Waals surface area contributed by atoms with Gasteiger partial charge in [0, 0.05) is 18.5 Å². The Morgan fingerprint density at radius 2 is 1.67 bits per heavy atom. The number of carbonyl (C=O) groups excluding carboxylic acids is 2. The molecule has 1 N–H and O–H groups in total. The van der Waals surface area contributed by atoms with Crippen LogP contribution in [0.4, 0.5) is 5.69 Å². The van der Waals surface area contributed by atoms with Crippen LogP contribution in [0, 0.1) is 0 Å². The smallest absolute Gasteiger partial charge is 0.337 e. The van der Waals surface area contributed by atoms with Crippen molar-refractivity contribution in [2.24, 2.45) is 0 Å². The number of amides is 1. The Balaban J connectivity index is 1.28. The lowest BCUT2D eigenvalue weighted by Crippen LogP contribution is -2.36. The van der Waals surface area contributed by atoms with Crippen LogP contribution >= 0.6 is 0 Å². The fourth-order valence-electron chi connectivity index (χ4n) is 5.85. The van der Waals surface area contributed by atoms with Crippen molar-refractivity contribution in [3.63, 3.8) is 0 Å². The van der Waals surface area contributed by atoms with Gasteiger partial charge >= 0.3 is 5.97 Å². The molecule has 0 radical (unpaired) electrons. The van der Waals surface area contributed by atoms with Crippen LogP contribution in [0.5, 0.6) is 0 Å². The summed E-state index contributed by atoms with van der Waals surface area (Å²) in [4.78, 5) is 28.0. The molecule has 36 heavy (non-hydrogen) atoms. The van der Waals surface area contributed by atoms with E-state index < -0.39 is 0 Å². The van der Waals surface area contributed by atoms with Gasteiger partial charge in [0.1, 0.15) is 0 Å². The first-order valence-electron chi connectivity index (χ1n) is 12.9. The summed E-state index contributed by atoms with van der Waals surface area (Å²) in [5.74, 6) is -0.375. The highest BCUT2D eigenvalue weighted by Gasteiger charge is 2.53. The van der Waals surface area contributed by atoms with Crippen molar-refractivity contribution in [2.75, 3.05) is 18.6 Å². The van der Waals surface area contributed by atoms with E-state index in [2.05, 4.69) is 47.5 Å². The van der Waals surface area contributed by atoms with E-state index in [0.29, 0.717) is 5.56 Å². The lowest BCUT2D eigenvalue weighted by atomic mass is 9.96. The molecule has 0 bridgehead atoms. The van der Waals surface area contributed by atoms with Gasteiger partial charge in [-0.05, 0) is 72.6 Å². The maximum atomic E-state index is 13.8. The van der Waals surface area contributed by atoms with E-state index >= 15 is 0 Å². The molecule has 5 nitrogen and oxygen atoms in total. The van der Waals surface area contributed by atoms with Crippen molar-refractivity contribution in [1.29, 1.82) is 0 Å². The van der Waals surface area contributed by atoms with Crippen molar-refractivity contribution in [3.05, 3.63) is 100 Å². The minimum absolute atomic E-state index is 0.0218. The second-order valence-electron chi connectivity index (χ2n) is 10.6. The van der Waals surface area contributed by atoms with Crippen LogP contribution in [0.25, 0.3) is 0 Å². The maximum Gasteiger partial charge on any atom is 0.337 e. The Labute approximate surface area is 212 Å². The molecule has 6 rings (SSSR count). The van der Waals surface area contributed by atoms with Crippen molar-refractivity contribution in [3.8, 4) is 0 Å². The van der Waals surface area contributed by atoms with E-state index in [4.69, 9.17) is 4.74 Å². The molecule has 0 unspecified atom stereocenters. The molecular weight excluding hydrogens is 448 g/mol. The number of fused-ring (bicyclic) bond motifs is 2. The summed E-state index contributed by atoms with van der Waals surface area (Å²) < 4.78 is 4.82. The Bertz CT molecular complexity index is 1340. The van der Waals surface area contributed by atoms with Gasteiger partial charge in [0.25, 0.3) is 5.91 Å². The highest BCUT2D eigenvalue weighted by Crippen LogP contribution is 2.57. The van der Waals surface area contributed by atoms with Crippen LogP contribution < -0.4 is 10.2 Å². The van der Waals surface area contributed by atoms with E-state index in [9.17, 15) is 9.59 Å². The number of anilines is 1. The topological polar surface area (TPSA) is 58.6 Å². The summed E-state index contributed by atoms with van der Waals surface area (Å²) in [5, 5.41) is 3.36. The first-order valence-corrected chi connectivity index (χ1v) is 12.9. The fraction of sp³-hybridized carbons (Fsp3) is 0.355. The number of nitrogens with zero attached hydrogens (tertiary/aromatic N) is 1. The third-order valence-electron chi connectivity index (χ3n) is 8.25. The quantitative estimate of drug-likeness (QED) is 0.453. The number of para-hydroxylation sites is 1. The zero-order chi connectivity index (χ0) is 24.9. The Morgan fingerprint density at radius 1 is 0.944 bits per heavy atom. The molecule has 0 aromatic heterocycles. The average Bonchev–Trinajstić information content (AvgIpc) is 3.84. The summed E-state index contributed by atoms with van der Waals surface area (Å²) in [6.45, 7) is 3.97. The Morgan fingerprint density at radius 3 is 2.33 bits per heavy atom. The van der Waals surface area contributed by atoms with Gasteiger partial charge in [-0.25, -0.2) is 4.79 Å². The van der Waals surface area contributed by atoms with E-state index in [1.807, 2.05) is 24.3 Å². The number of methoxy groups -OCH3 is 1. The number of hydrogen-bond acceptors (Lipinski definition) is 4. The molecule has 2 saturated carbocycles. The first-order chi connectivity index (χ1) is 17.5. The van der Waals surface area contributed by atoms with Gasteiger partial charge in [-0.3, -0.25) is 4.79 Å². The predicted molar refractivity (Wildman–Crippen MR) is 140 cm³/mol. The van der Waals surface area contributed by atoms with Gasteiger partial charge in [0.2, 0.25) is 0 Å². The number of rotatable bonds is 7. The molecule has 2 aliphatic carbocycles. The van der Waals surface area contributed by atoms with Gasteiger partial charge in [-0.1, -0.05) is 55.5 Å². The molecule has 1 heterocycles. The fourth-order valence-corrected chi connectivity index (χ4v) is 5.85. The van der Waals surface area contributed by atoms with E-state index in [1.54, 1.807) is 12.1 Å². The summed E-state index contributed by atoms with van der Waals surface area (Å²) >= 11 is 0. The molecule has 1 aliphatic heterocycles. The van der Waals surface area contributed by atoms with Gasteiger partial charge in [-0.15, -0.1) is 0 Å². The van der Waals surface area contributed by atoms with Crippen LogP contribution in [0.15, 0.2) is 66.7 Å². The molecule has 0 atom stereocenters. The van der Waals surface area contributed by atoms with Crippen LogP contribution in [0.2, 0.25) is 0 Å². The number of ether oxygens (including phenoxy) is 1. The van der Waals surface area contributed by atoms with E-state index in [-0.39, 0.29) is 22.8 Å². The van der Waals surface area contributed by atoms with Gasteiger partial charge in [0.15, 0.2) is 0 Å². The zero-order valence-corrected chi connectivity index (χ0v) is 21.0. The average molecular weight is 481 g/mol. The number of nitrogens with one attached hydrogen (secondary N) is 1. The summed E-state index contributed by atoms with van der Waals surface area (Å²) in [6.07, 6.45) is 5.18. The Kier molecular flexibility index (Phi) is 5.40. The third kappa shape index (κ3) is 3.87. The number of hydrogen-bond donors (Lipinski definition) is 1. The van der Waals surface area contributed by atoms with Crippen LogP contribution in [-0.2, 0) is 28.7 Å². The Hall–Kier alpha value is -3.60. The highest BCUT2D eigenvalue weighted by molar-refractivity contribution is 6.02. The van der Waals surface area contributed by atoms with Crippen LogP contribution in [-0.4, -0.2) is 25.5 Å². The summed E-state index contributed by atoms with van der Waals surface area (Å²) in [7, 11) is 1.38. The number of aryl methyl sites for hydroxylation is 1. The third-order valence-corrected chi connectivity index (χ3v) is 8.25. The van der Waals surface area contributed by atoms with Crippen molar-refractivity contribution < 1.29 is 14.3 Å². The predicted octanol–water partition coefficient (Wildman–Crippen LogP) is 5.51. The number of carbonyl (C=O) groups is 2. The molecular formula is C31H32N2O3. The van der Waals surface area contributed by atoms with Gasteiger partial charge in [0.05, 0.1) is 29.5 Å². The van der Waals surface area contributed by atoms with Gasteiger partial charge < -0.3 is 15.0 Å². The molecule has 1 spiro atoms. The van der Waals surface area contributed by atoms with Gasteiger partial charge in [-0.2, -0.15) is 0 Å². The normalized spacial score (nSPS) is 18.0. The SMILES string of the molecule is CCc1cccc(CN2CC3(CC3)c3cccc(C(=O)NC4(c5ccc(C(=O)OC)cc5)CC4)c32)c1. The molecule has 3 aromatic carbocycles. The molecule has 184 valence electrons. The second kappa shape index (κ2) is 8.51. The lowest BCUT2D eigenvalue weighted by molar-refractivity contribution is 0.0600. The molecule has 3 aromatic rings. The molecule has 5 heteroatoms. The summed E-state index contributed by atoms with van der Waals surface area (Å²) in [6, 6.07) is 22.4. The minimum atomic E-state index is -0.370. The van der Waals surface area contributed by atoms with E-state index in [0.717, 1.165) is 49.2 Å². The summed E-state index contributed by atoms with van der Waals surface area (Å²) in [5.41, 5.74) is 7.20. The number of benzene rings is 3. The minimum Gasteiger partial charge on any atom is -0.465 e. The molecule has 0 saturated heterocycles. The first kappa shape index (κ1) is 22.8.